The summed E-state index contributed by atoms with van der Waals surface area (Å²) in [5.41, 5.74) is 1.32. The van der Waals surface area contributed by atoms with Crippen LogP contribution in [0, 0.1) is 13.8 Å². The first-order valence-corrected chi connectivity index (χ1v) is 9.86. The molecule has 0 bridgehead atoms. The summed E-state index contributed by atoms with van der Waals surface area (Å²) >= 11 is 1.79. The molecule has 0 amide bonds. The van der Waals surface area contributed by atoms with Crippen molar-refractivity contribution < 1.29 is 0 Å². The molecule has 136 valence electrons. The van der Waals surface area contributed by atoms with Crippen molar-refractivity contribution in [2.75, 3.05) is 33.2 Å². The summed E-state index contributed by atoms with van der Waals surface area (Å²) in [6, 6.07) is 0. The quantitative estimate of drug-likeness (QED) is 0.611. The van der Waals surface area contributed by atoms with E-state index in [1.807, 2.05) is 7.05 Å². The fourth-order valence-corrected chi connectivity index (χ4v) is 4.17. The van der Waals surface area contributed by atoms with Crippen LogP contribution in [0.5, 0.6) is 0 Å². The molecular weight excluding hydrogens is 318 g/mol. The first-order valence-electron chi connectivity index (χ1n) is 9.05. The highest BCUT2D eigenvalue weighted by atomic mass is 32.1. The number of aliphatic imine (C=N–C) groups is 1. The fourth-order valence-electron chi connectivity index (χ4n) is 3.23. The lowest BCUT2D eigenvalue weighted by atomic mass is 9.98. The minimum atomic E-state index is 0.156. The lowest BCUT2D eigenvalue weighted by molar-refractivity contribution is 0.0982. The van der Waals surface area contributed by atoms with E-state index in [9.17, 15) is 0 Å². The number of likely N-dealkylation sites (tertiary alicyclic amines) is 1. The first kappa shape index (κ1) is 19.2. The molecule has 6 heteroatoms. The van der Waals surface area contributed by atoms with E-state index >= 15 is 0 Å². The molecule has 0 aromatic carbocycles. The van der Waals surface area contributed by atoms with Gasteiger partial charge in [-0.1, -0.05) is 6.42 Å². The zero-order valence-corrected chi connectivity index (χ0v) is 16.7. The van der Waals surface area contributed by atoms with E-state index in [1.165, 1.54) is 37.2 Å². The molecule has 2 N–H and O–H groups in total. The van der Waals surface area contributed by atoms with Gasteiger partial charge in [-0.15, -0.1) is 11.3 Å². The van der Waals surface area contributed by atoms with Crippen molar-refractivity contribution in [3.05, 3.63) is 15.6 Å². The van der Waals surface area contributed by atoms with Gasteiger partial charge in [-0.05, 0) is 53.6 Å². The van der Waals surface area contributed by atoms with Crippen molar-refractivity contribution in [3.8, 4) is 0 Å². The second-order valence-corrected chi connectivity index (χ2v) is 8.49. The van der Waals surface area contributed by atoms with Crippen LogP contribution in [-0.4, -0.2) is 54.6 Å². The number of rotatable bonds is 6. The molecule has 0 unspecified atom stereocenters. The van der Waals surface area contributed by atoms with Crippen molar-refractivity contribution in [2.24, 2.45) is 4.99 Å². The van der Waals surface area contributed by atoms with E-state index < -0.39 is 0 Å². The van der Waals surface area contributed by atoms with Crippen molar-refractivity contribution in [2.45, 2.75) is 58.9 Å². The summed E-state index contributed by atoms with van der Waals surface area (Å²) in [4.78, 5) is 12.8. The van der Waals surface area contributed by atoms with Crippen LogP contribution in [0.2, 0.25) is 0 Å². The van der Waals surface area contributed by atoms with Crippen LogP contribution < -0.4 is 10.6 Å². The highest BCUT2D eigenvalue weighted by molar-refractivity contribution is 7.11. The summed E-state index contributed by atoms with van der Waals surface area (Å²) in [5, 5.41) is 8.07. The van der Waals surface area contributed by atoms with Gasteiger partial charge in [0.25, 0.3) is 0 Å². The van der Waals surface area contributed by atoms with Gasteiger partial charge in [-0.25, -0.2) is 4.98 Å². The number of piperidine rings is 1. The number of aryl methyl sites for hydroxylation is 2. The number of nitrogens with one attached hydrogen (secondary N) is 2. The van der Waals surface area contributed by atoms with Crippen molar-refractivity contribution in [1.29, 1.82) is 0 Å². The highest BCUT2D eigenvalue weighted by Crippen LogP contribution is 2.20. The van der Waals surface area contributed by atoms with Gasteiger partial charge >= 0.3 is 0 Å². The molecule has 0 spiro atoms. The molecule has 1 aliphatic heterocycles. The number of nitrogens with zero attached hydrogens (tertiary/aromatic N) is 3. The topological polar surface area (TPSA) is 52.6 Å². The number of aromatic nitrogens is 1. The maximum atomic E-state index is 4.49. The molecule has 2 rings (SSSR count). The molecule has 0 radical (unpaired) electrons. The third kappa shape index (κ3) is 5.45. The Morgan fingerprint density at radius 1 is 1.21 bits per heavy atom. The lowest BCUT2D eigenvalue weighted by Crippen LogP contribution is -2.55. The van der Waals surface area contributed by atoms with Gasteiger partial charge in [-0.2, -0.15) is 0 Å². The van der Waals surface area contributed by atoms with Crippen molar-refractivity contribution >= 4 is 17.3 Å². The molecule has 0 atom stereocenters. The Balaban J connectivity index is 1.76. The maximum Gasteiger partial charge on any atom is 0.191 e. The molecule has 1 aromatic heterocycles. The van der Waals surface area contributed by atoms with Gasteiger partial charge in [0.1, 0.15) is 0 Å². The molecule has 1 saturated heterocycles. The molecule has 5 nitrogen and oxygen atoms in total. The molecule has 1 aliphatic rings. The zero-order chi connectivity index (χ0) is 17.6. The van der Waals surface area contributed by atoms with Gasteiger partial charge in [0.2, 0.25) is 0 Å². The van der Waals surface area contributed by atoms with Crippen LogP contribution in [0.15, 0.2) is 4.99 Å². The average molecular weight is 352 g/mol. The monoisotopic (exact) mass is 351 g/mol. The van der Waals surface area contributed by atoms with Gasteiger partial charge in [0.05, 0.1) is 10.7 Å². The van der Waals surface area contributed by atoms with Crippen LogP contribution in [0.25, 0.3) is 0 Å². The van der Waals surface area contributed by atoms with E-state index in [0.29, 0.717) is 0 Å². The van der Waals surface area contributed by atoms with Gasteiger partial charge < -0.3 is 10.6 Å². The van der Waals surface area contributed by atoms with Gasteiger partial charge in [0.15, 0.2) is 5.96 Å². The van der Waals surface area contributed by atoms with Crippen molar-refractivity contribution in [3.63, 3.8) is 0 Å². The number of hydrogen-bond acceptors (Lipinski definition) is 4. The highest BCUT2D eigenvalue weighted by Gasteiger charge is 2.27. The largest absolute Gasteiger partial charge is 0.356 e. The smallest absolute Gasteiger partial charge is 0.191 e. The molecular formula is C18H33N5S. The third-order valence-corrected chi connectivity index (χ3v) is 5.90. The third-order valence-electron chi connectivity index (χ3n) is 4.77. The summed E-state index contributed by atoms with van der Waals surface area (Å²) in [5.74, 6) is 0.888. The summed E-state index contributed by atoms with van der Waals surface area (Å²) in [7, 11) is 1.84. The molecule has 1 fully saturated rings. The Labute approximate surface area is 151 Å². The average Bonchev–Trinajstić information content (AvgIpc) is 2.89. The Kier molecular flexibility index (Phi) is 7.04. The fraction of sp³-hybridized carbons (Fsp3) is 0.778. The lowest BCUT2D eigenvalue weighted by Gasteiger charge is -2.41. The second kappa shape index (κ2) is 8.81. The Hall–Kier alpha value is -1.14. The van der Waals surface area contributed by atoms with E-state index in [-0.39, 0.29) is 5.54 Å². The van der Waals surface area contributed by atoms with E-state index in [0.717, 1.165) is 36.2 Å². The predicted octanol–water partition coefficient (Wildman–Crippen LogP) is 2.73. The predicted molar refractivity (Wildman–Crippen MR) is 104 cm³/mol. The molecule has 2 heterocycles. The Morgan fingerprint density at radius 3 is 2.50 bits per heavy atom. The molecule has 1 aromatic rings. The summed E-state index contributed by atoms with van der Waals surface area (Å²) in [6.45, 7) is 13.0. The maximum absolute atomic E-state index is 4.49. The zero-order valence-electron chi connectivity index (χ0n) is 15.9. The SMILES string of the molecule is CN=C(NCCc1sc(C)nc1C)NCC(C)(C)N1CCCCC1. The number of thiazole rings is 1. The number of hydrogen-bond donors (Lipinski definition) is 2. The van der Waals surface area contributed by atoms with Crippen LogP contribution >= 0.6 is 11.3 Å². The Bertz CT molecular complexity index is 544. The normalized spacial score (nSPS) is 17.1. The summed E-state index contributed by atoms with van der Waals surface area (Å²) in [6.07, 6.45) is 5.02. The van der Waals surface area contributed by atoms with Crippen LogP contribution in [0.3, 0.4) is 0 Å². The summed E-state index contributed by atoms with van der Waals surface area (Å²) < 4.78 is 0. The van der Waals surface area contributed by atoms with Gasteiger partial charge in [0, 0.05) is 37.0 Å². The molecule has 0 aliphatic carbocycles. The Morgan fingerprint density at radius 2 is 1.92 bits per heavy atom. The van der Waals surface area contributed by atoms with Crippen LogP contribution in [-0.2, 0) is 6.42 Å². The van der Waals surface area contributed by atoms with Crippen LogP contribution in [0.4, 0.5) is 0 Å². The minimum Gasteiger partial charge on any atom is -0.356 e. The second-order valence-electron chi connectivity index (χ2n) is 7.20. The standard InChI is InChI=1S/C18H33N5S/c1-14-16(24-15(2)22-14)9-10-20-17(19-5)21-13-18(3,4)23-11-7-6-8-12-23/h6-13H2,1-5H3,(H2,19,20,21). The first-order chi connectivity index (χ1) is 11.4. The van der Waals surface area contributed by atoms with Crippen molar-refractivity contribution in [1.82, 2.24) is 20.5 Å². The van der Waals surface area contributed by atoms with E-state index in [4.69, 9.17) is 0 Å². The van der Waals surface area contributed by atoms with E-state index in [2.05, 4.69) is 53.2 Å². The van der Waals surface area contributed by atoms with Gasteiger partial charge in [-0.3, -0.25) is 9.89 Å². The minimum absolute atomic E-state index is 0.156. The van der Waals surface area contributed by atoms with E-state index in [1.54, 1.807) is 11.3 Å². The van der Waals surface area contributed by atoms with Crippen LogP contribution in [0.1, 0.15) is 48.7 Å². The molecule has 24 heavy (non-hydrogen) atoms. The molecule has 0 saturated carbocycles. The number of guanidine groups is 1.